The molecule has 2 rings (SSSR count). The number of hydrogen-bond donors (Lipinski definition) is 1. The highest BCUT2D eigenvalue weighted by Crippen LogP contribution is 2.26. The predicted molar refractivity (Wildman–Crippen MR) is 74.9 cm³/mol. The second kappa shape index (κ2) is 5.28. The lowest BCUT2D eigenvalue weighted by Gasteiger charge is -2.14. The lowest BCUT2D eigenvalue weighted by molar-refractivity contribution is 0.520. The molecule has 0 atom stereocenters. The minimum atomic E-state index is -3.39. The summed E-state index contributed by atoms with van der Waals surface area (Å²) in [4.78, 5) is 0.322. The quantitative estimate of drug-likeness (QED) is 0.896. The molecule has 0 saturated heterocycles. The van der Waals surface area contributed by atoms with E-state index in [4.69, 9.17) is 0 Å². The lowest BCUT2D eigenvalue weighted by atomic mass is 10.2. The molecule has 0 unspecified atom stereocenters. The molecule has 0 spiro atoms. The summed E-state index contributed by atoms with van der Waals surface area (Å²) in [6, 6.07) is 6.08. The van der Waals surface area contributed by atoms with Crippen molar-refractivity contribution in [3.63, 3.8) is 0 Å². The smallest absolute Gasteiger partial charge is 0.243 e. The van der Waals surface area contributed by atoms with E-state index >= 15 is 0 Å². The zero-order chi connectivity index (χ0) is 13.3. The number of sulfonamides is 1. The maximum Gasteiger partial charge on any atom is 0.243 e. The van der Waals surface area contributed by atoms with Crippen LogP contribution in [0.3, 0.4) is 0 Å². The first kappa shape index (κ1) is 14.0. The molecule has 100 valence electrons. The Balaban J connectivity index is 2.25. The number of nitrogens with zero attached hydrogens (tertiary/aromatic N) is 1. The summed E-state index contributed by atoms with van der Waals surface area (Å²) in [5.41, 5.74) is 0.991. The normalized spacial score (nSPS) is 16.2. The van der Waals surface area contributed by atoms with Gasteiger partial charge in [0.1, 0.15) is 0 Å². The van der Waals surface area contributed by atoms with Crippen LogP contribution in [-0.4, -0.2) is 32.9 Å². The third-order valence-electron chi connectivity index (χ3n) is 2.93. The van der Waals surface area contributed by atoms with Gasteiger partial charge in [-0.2, -0.15) is 0 Å². The molecular formula is C12H17BrN2O2S. The summed E-state index contributed by atoms with van der Waals surface area (Å²) in [7, 11) is -0.317. The highest BCUT2D eigenvalue weighted by Gasteiger charge is 2.22. The third kappa shape index (κ3) is 3.12. The van der Waals surface area contributed by atoms with Gasteiger partial charge < -0.3 is 5.32 Å². The van der Waals surface area contributed by atoms with Crippen LogP contribution in [0.15, 0.2) is 27.6 Å². The van der Waals surface area contributed by atoms with E-state index in [0.717, 1.165) is 5.56 Å². The van der Waals surface area contributed by atoms with Crippen molar-refractivity contribution in [2.45, 2.75) is 30.3 Å². The van der Waals surface area contributed by atoms with Gasteiger partial charge in [-0.05, 0) is 46.5 Å². The molecule has 0 bridgehead atoms. The average molecular weight is 333 g/mol. The van der Waals surface area contributed by atoms with Crippen molar-refractivity contribution >= 4 is 26.0 Å². The molecule has 0 heterocycles. The van der Waals surface area contributed by atoms with E-state index in [9.17, 15) is 8.42 Å². The first-order valence-electron chi connectivity index (χ1n) is 5.85. The Morgan fingerprint density at radius 1 is 1.39 bits per heavy atom. The van der Waals surface area contributed by atoms with E-state index in [1.807, 2.05) is 6.07 Å². The van der Waals surface area contributed by atoms with Crippen molar-refractivity contribution in [2.75, 3.05) is 14.1 Å². The first-order valence-corrected chi connectivity index (χ1v) is 8.09. The molecule has 1 aliphatic rings. The summed E-state index contributed by atoms with van der Waals surface area (Å²) in [5, 5.41) is 3.38. The van der Waals surface area contributed by atoms with Crippen molar-refractivity contribution in [1.82, 2.24) is 9.62 Å². The third-order valence-corrected chi connectivity index (χ3v) is 5.74. The summed E-state index contributed by atoms with van der Waals surface area (Å²) in [6.07, 6.45) is 2.44. The molecule has 0 aliphatic heterocycles. The summed E-state index contributed by atoms with van der Waals surface area (Å²) in [6.45, 7) is 0.716. The fourth-order valence-corrected chi connectivity index (χ4v) is 3.47. The van der Waals surface area contributed by atoms with E-state index in [-0.39, 0.29) is 0 Å². The molecule has 4 nitrogen and oxygen atoms in total. The van der Waals surface area contributed by atoms with Crippen molar-refractivity contribution in [3.05, 3.63) is 28.2 Å². The molecule has 6 heteroatoms. The minimum Gasteiger partial charge on any atom is -0.310 e. The van der Waals surface area contributed by atoms with Gasteiger partial charge in [-0.25, -0.2) is 12.7 Å². The van der Waals surface area contributed by atoms with Crippen molar-refractivity contribution in [2.24, 2.45) is 0 Å². The van der Waals surface area contributed by atoms with Crippen molar-refractivity contribution in [1.29, 1.82) is 0 Å². The Morgan fingerprint density at radius 3 is 2.61 bits per heavy atom. The molecule has 1 aromatic rings. The van der Waals surface area contributed by atoms with E-state index in [2.05, 4.69) is 21.2 Å². The molecule has 0 aromatic heterocycles. The number of benzene rings is 1. The molecule has 1 aliphatic carbocycles. The molecule has 1 saturated carbocycles. The fraction of sp³-hybridized carbons (Fsp3) is 0.500. The van der Waals surface area contributed by atoms with Crippen LogP contribution in [0.4, 0.5) is 0 Å². The predicted octanol–water partition coefficient (Wildman–Crippen LogP) is 1.95. The Kier molecular flexibility index (Phi) is 4.11. The highest BCUT2D eigenvalue weighted by molar-refractivity contribution is 9.10. The molecule has 0 amide bonds. The van der Waals surface area contributed by atoms with Gasteiger partial charge in [0.25, 0.3) is 0 Å². The highest BCUT2D eigenvalue weighted by atomic mass is 79.9. The first-order chi connectivity index (χ1) is 8.41. The maximum atomic E-state index is 12.1. The van der Waals surface area contributed by atoms with Gasteiger partial charge in [0.05, 0.1) is 4.90 Å². The Bertz CT molecular complexity index is 539. The summed E-state index contributed by atoms with van der Waals surface area (Å²) >= 11 is 3.30. The van der Waals surface area contributed by atoms with Crippen LogP contribution in [0.1, 0.15) is 18.4 Å². The molecule has 18 heavy (non-hydrogen) atoms. The second-order valence-electron chi connectivity index (χ2n) is 4.71. The van der Waals surface area contributed by atoms with Gasteiger partial charge >= 0.3 is 0 Å². The van der Waals surface area contributed by atoms with Crippen molar-refractivity contribution in [3.8, 4) is 0 Å². The Morgan fingerprint density at radius 2 is 2.06 bits per heavy atom. The molecule has 1 N–H and O–H groups in total. The lowest BCUT2D eigenvalue weighted by Crippen LogP contribution is -2.23. The summed E-state index contributed by atoms with van der Waals surface area (Å²) in [5.74, 6) is 0. The van der Waals surface area contributed by atoms with Gasteiger partial charge in [0.2, 0.25) is 10.0 Å². The molecule has 1 aromatic carbocycles. The zero-order valence-corrected chi connectivity index (χ0v) is 12.9. The van der Waals surface area contributed by atoms with Crippen LogP contribution in [0.25, 0.3) is 0 Å². The van der Waals surface area contributed by atoms with Crippen LogP contribution >= 0.6 is 15.9 Å². The number of hydrogen-bond acceptors (Lipinski definition) is 3. The van der Waals surface area contributed by atoms with E-state index < -0.39 is 10.0 Å². The maximum absolute atomic E-state index is 12.1. The number of nitrogens with one attached hydrogen (secondary N) is 1. The molecular weight excluding hydrogens is 316 g/mol. The fourth-order valence-electron chi connectivity index (χ4n) is 1.60. The number of rotatable bonds is 5. The SMILES string of the molecule is CN(C)S(=O)(=O)c1cc(CNC2CC2)ccc1Br. The number of halogens is 1. The molecule has 0 radical (unpaired) electrons. The average Bonchev–Trinajstić information content (AvgIpc) is 3.11. The largest absolute Gasteiger partial charge is 0.310 e. The summed E-state index contributed by atoms with van der Waals surface area (Å²) < 4.78 is 26.1. The van der Waals surface area contributed by atoms with Gasteiger partial charge in [-0.15, -0.1) is 0 Å². The topological polar surface area (TPSA) is 49.4 Å². The van der Waals surface area contributed by atoms with Crippen LogP contribution in [0.2, 0.25) is 0 Å². The van der Waals surface area contributed by atoms with Gasteiger partial charge in [0.15, 0.2) is 0 Å². The van der Waals surface area contributed by atoms with Gasteiger partial charge in [0, 0.05) is 31.2 Å². The van der Waals surface area contributed by atoms with E-state index in [1.165, 1.54) is 31.2 Å². The van der Waals surface area contributed by atoms with Crippen LogP contribution in [0.5, 0.6) is 0 Å². The van der Waals surface area contributed by atoms with Gasteiger partial charge in [-0.3, -0.25) is 0 Å². The Hall–Kier alpha value is -0.430. The standard InChI is InChI=1S/C12H17BrN2O2S/c1-15(2)18(16,17)12-7-9(3-6-11(12)13)8-14-10-4-5-10/h3,6-7,10,14H,4-5,8H2,1-2H3. The molecule has 1 fully saturated rings. The monoisotopic (exact) mass is 332 g/mol. The Labute approximate surface area is 117 Å². The van der Waals surface area contributed by atoms with Crippen LogP contribution < -0.4 is 5.32 Å². The van der Waals surface area contributed by atoms with Crippen LogP contribution in [-0.2, 0) is 16.6 Å². The second-order valence-corrected chi connectivity index (χ2v) is 7.68. The van der Waals surface area contributed by atoms with Gasteiger partial charge in [-0.1, -0.05) is 6.07 Å². The van der Waals surface area contributed by atoms with Crippen LogP contribution in [0, 0.1) is 0 Å². The zero-order valence-electron chi connectivity index (χ0n) is 10.5. The minimum absolute atomic E-state index is 0.322. The van der Waals surface area contributed by atoms with Crippen molar-refractivity contribution < 1.29 is 8.42 Å². The van der Waals surface area contributed by atoms with E-state index in [1.54, 1.807) is 12.1 Å². The van der Waals surface area contributed by atoms with E-state index in [0.29, 0.717) is 22.0 Å².